The highest BCUT2D eigenvalue weighted by Gasteiger charge is 1.82. The Morgan fingerprint density at radius 2 is 2.33 bits per heavy atom. The predicted molar refractivity (Wildman–Crippen MR) is 38.8 cm³/mol. The summed E-state index contributed by atoms with van der Waals surface area (Å²) in [6, 6.07) is 0. The lowest BCUT2D eigenvalue weighted by Gasteiger charge is -2.03. The number of allylic oxidation sites excluding steroid dienone is 2. The lowest BCUT2D eigenvalue weighted by molar-refractivity contribution is 0.0633. The first-order chi connectivity index (χ1) is 4.31. The quantitative estimate of drug-likeness (QED) is 0.462. The van der Waals surface area contributed by atoms with Gasteiger partial charge in [-0.25, -0.2) is 0 Å². The van der Waals surface area contributed by atoms with Gasteiger partial charge in [0.25, 0.3) is 0 Å². The van der Waals surface area contributed by atoms with E-state index >= 15 is 0 Å². The van der Waals surface area contributed by atoms with Gasteiger partial charge in [-0.1, -0.05) is 13.0 Å². The number of hydroxylamine groups is 1. The largest absolute Gasteiger partial charge is 0.276 e. The van der Waals surface area contributed by atoms with E-state index in [-0.39, 0.29) is 0 Å². The molecule has 2 nitrogen and oxygen atoms in total. The molecule has 0 fully saturated rings. The second-order valence-electron chi connectivity index (χ2n) is 1.92. The van der Waals surface area contributed by atoms with Crippen molar-refractivity contribution in [1.29, 1.82) is 0 Å². The molecule has 0 aromatic rings. The molecule has 0 aromatic heterocycles. The summed E-state index contributed by atoms with van der Waals surface area (Å²) in [4.78, 5) is 5.02. The van der Waals surface area contributed by atoms with Crippen molar-refractivity contribution in [2.24, 2.45) is 0 Å². The second kappa shape index (κ2) is 5.63. The third kappa shape index (κ3) is 5.37. The van der Waals surface area contributed by atoms with E-state index < -0.39 is 0 Å². The molecule has 0 radical (unpaired) electrons. The van der Waals surface area contributed by atoms with E-state index in [0.29, 0.717) is 0 Å². The van der Waals surface area contributed by atoms with Gasteiger partial charge in [0.05, 0.1) is 6.61 Å². The average Bonchev–Trinajstić information content (AvgIpc) is 1.89. The lowest BCUT2D eigenvalue weighted by Crippen LogP contribution is -2.11. The van der Waals surface area contributed by atoms with Gasteiger partial charge in [-0.2, -0.15) is 0 Å². The van der Waals surface area contributed by atoms with Gasteiger partial charge in [-0.05, 0) is 20.3 Å². The number of nitrogens with one attached hydrogen (secondary N) is 1. The topological polar surface area (TPSA) is 21.3 Å². The highest BCUT2D eigenvalue weighted by atomic mass is 16.6. The van der Waals surface area contributed by atoms with Crippen molar-refractivity contribution in [2.45, 2.75) is 27.2 Å². The van der Waals surface area contributed by atoms with Crippen LogP contribution in [-0.2, 0) is 4.84 Å². The molecule has 0 heterocycles. The minimum absolute atomic E-state index is 0.769. The third-order valence-electron chi connectivity index (χ3n) is 0.972. The molecule has 9 heavy (non-hydrogen) atoms. The zero-order chi connectivity index (χ0) is 7.11. The normalized spacial score (nSPS) is 11.7. The van der Waals surface area contributed by atoms with Gasteiger partial charge in [-0.15, -0.1) is 0 Å². The summed E-state index contributed by atoms with van der Waals surface area (Å²) in [7, 11) is 0. The Balaban J connectivity index is 3.07. The molecular weight excluding hydrogens is 114 g/mol. The van der Waals surface area contributed by atoms with Gasteiger partial charge in [0.1, 0.15) is 0 Å². The predicted octanol–water partition coefficient (Wildman–Crippen LogP) is 1.84. The van der Waals surface area contributed by atoms with E-state index in [1.807, 2.05) is 19.9 Å². The summed E-state index contributed by atoms with van der Waals surface area (Å²) >= 11 is 0. The molecule has 0 aromatic carbocycles. The van der Waals surface area contributed by atoms with Crippen LogP contribution in [0.1, 0.15) is 27.2 Å². The Hall–Kier alpha value is -0.500. The standard InChI is InChI=1S/C7H15NO/c1-4-6-9-8-7(3)5-2/h5,8H,4,6H2,1-3H3/b7-5+. The van der Waals surface area contributed by atoms with Gasteiger partial charge < -0.3 is 0 Å². The molecular formula is C7H15NO. The van der Waals surface area contributed by atoms with E-state index in [9.17, 15) is 0 Å². The fourth-order valence-corrected chi connectivity index (χ4v) is 0.326. The van der Waals surface area contributed by atoms with Crippen molar-refractivity contribution in [3.05, 3.63) is 11.8 Å². The van der Waals surface area contributed by atoms with E-state index in [2.05, 4.69) is 12.4 Å². The van der Waals surface area contributed by atoms with Crippen molar-refractivity contribution in [1.82, 2.24) is 5.48 Å². The van der Waals surface area contributed by atoms with E-state index in [1.54, 1.807) is 0 Å². The van der Waals surface area contributed by atoms with Crippen LogP contribution in [0.25, 0.3) is 0 Å². The molecule has 0 aliphatic rings. The fourth-order valence-electron chi connectivity index (χ4n) is 0.326. The second-order valence-corrected chi connectivity index (χ2v) is 1.92. The molecule has 2 heteroatoms. The molecule has 0 atom stereocenters. The first-order valence-electron chi connectivity index (χ1n) is 3.32. The number of hydrogen-bond acceptors (Lipinski definition) is 2. The van der Waals surface area contributed by atoms with Gasteiger partial charge in [-0.3, -0.25) is 10.3 Å². The molecule has 0 spiro atoms. The maximum absolute atomic E-state index is 5.02. The van der Waals surface area contributed by atoms with Gasteiger partial charge in [0, 0.05) is 5.70 Å². The summed E-state index contributed by atoms with van der Waals surface area (Å²) in [5, 5.41) is 0. The van der Waals surface area contributed by atoms with Crippen LogP contribution >= 0.6 is 0 Å². The van der Waals surface area contributed by atoms with Crippen molar-refractivity contribution in [3.63, 3.8) is 0 Å². The molecule has 0 aliphatic heterocycles. The maximum atomic E-state index is 5.02. The van der Waals surface area contributed by atoms with Gasteiger partial charge >= 0.3 is 0 Å². The third-order valence-corrected chi connectivity index (χ3v) is 0.972. The van der Waals surface area contributed by atoms with Gasteiger partial charge in [0.2, 0.25) is 0 Å². The van der Waals surface area contributed by atoms with Crippen molar-refractivity contribution < 1.29 is 4.84 Å². The smallest absolute Gasteiger partial charge is 0.0743 e. The van der Waals surface area contributed by atoms with E-state index in [1.165, 1.54) is 0 Å². The zero-order valence-electron chi connectivity index (χ0n) is 6.40. The van der Waals surface area contributed by atoms with Crippen molar-refractivity contribution in [2.75, 3.05) is 6.61 Å². The summed E-state index contributed by atoms with van der Waals surface area (Å²) in [5.41, 5.74) is 3.85. The van der Waals surface area contributed by atoms with Crippen LogP contribution in [0.15, 0.2) is 11.8 Å². The van der Waals surface area contributed by atoms with Crippen LogP contribution < -0.4 is 5.48 Å². The highest BCUT2D eigenvalue weighted by Crippen LogP contribution is 1.84. The monoisotopic (exact) mass is 129 g/mol. The Bertz CT molecular complexity index is 88.9. The van der Waals surface area contributed by atoms with Crippen LogP contribution in [0.2, 0.25) is 0 Å². The summed E-state index contributed by atoms with van der Waals surface area (Å²) in [6.45, 7) is 6.78. The van der Waals surface area contributed by atoms with Crippen molar-refractivity contribution in [3.8, 4) is 0 Å². The Labute approximate surface area is 56.9 Å². The maximum Gasteiger partial charge on any atom is 0.0743 e. The summed E-state index contributed by atoms with van der Waals surface area (Å²) in [5.74, 6) is 0. The molecule has 0 rings (SSSR count). The first kappa shape index (κ1) is 8.50. The molecule has 54 valence electrons. The summed E-state index contributed by atoms with van der Waals surface area (Å²) < 4.78 is 0. The fraction of sp³-hybridized carbons (Fsp3) is 0.714. The number of rotatable bonds is 4. The minimum Gasteiger partial charge on any atom is -0.276 e. The highest BCUT2D eigenvalue weighted by molar-refractivity contribution is 4.88. The van der Waals surface area contributed by atoms with Gasteiger partial charge in [0.15, 0.2) is 0 Å². The molecule has 0 bridgehead atoms. The Kier molecular flexibility index (Phi) is 5.32. The zero-order valence-corrected chi connectivity index (χ0v) is 6.40. The Morgan fingerprint density at radius 3 is 2.78 bits per heavy atom. The SMILES string of the molecule is C/C=C(\C)NOCCC. The lowest BCUT2D eigenvalue weighted by atomic mass is 10.5. The van der Waals surface area contributed by atoms with E-state index in [0.717, 1.165) is 18.7 Å². The van der Waals surface area contributed by atoms with E-state index in [4.69, 9.17) is 4.84 Å². The molecule has 0 aliphatic carbocycles. The molecule has 0 amide bonds. The average molecular weight is 129 g/mol. The Morgan fingerprint density at radius 1 is 1.67 bits per heavy atom. The van der Waals surface area contributed by atoms with Crippen LogP contribution in [0.3, 0.4) is 0 Å². The summed E-state index contributed by atoms with van der Waals surface area (Å²) in [6.07, 6.45) is 3.01. The molecule has 0 saturated carbocycles. The molecule has 1 N–H and O–H groups in total. The molecule has 0 saturated heterocycles. The number of hydrogen-bond donors (Lipinski definition) is 1. The molecule has 0 unspecified atom stereocenters. The van der Waals surface area contributed by atoms with Crippen LogP contribution in [-0.4, -0.2) is 6.61 Å². The minimum atomic E-state index is 0.769. The van der Waals surface area contributed by atoms with Crippen LogP contribution in [0.5, 0.6) is 0 Å². The van der Waals surface area contributed by atoms with Crippen LogP contribution in [0.4, 0.5) is 0 Å². The van der Waals surface area contributed by atoms with Crippen molar-refractivity contribution >= 4 is 0 Å². The first-order valence-corrected chi connectivity index (χ1v) is 3.32. The van der Waals surface area contributed by atoms with Crippen LogP contribution in [0, 0.1) is 0 Å².